The number of benzene rings is 3. The minimum absolute atomic E-state index is 0.0515. The summed E-state index contributed by atoms with van der Waals surface area (Å²) in [5, 5.41) is 11.4. The van der Waals surface area contributed by atoms with E-state index in [1.165, 1.54) is 4.90 Å². The van der Waals surface area contributed by atoms with Gasteiger partial charge in [-0.1, -0.05) is 55.1 Å². The number of aliphatic hydroxyl groups excluding tert-OH is 1. The second-order valence-corrected chi connectivity index (χ2v) is 9.04. The van der Waals surface area contributed by atoms with E-state index in [-0.39, 0.29) is 24.0 Å². The number of carbonyl (C=O) groups is 2. The Hall–Kier alpha value is -4.32. The molecule has 36 heavy (non-hydrogen) atoms. The zero-order chi connectivity index (χ0) is 25.2. The third-order valence-electron chi connectivity index (χ3n) is 6.47. The van der Waals surface area contributed by atoms with E-state index in [2.05, 4.69) is 6.58 Å². The van der Waals surface area contributed by atoms with Crippen LogP contribution in [0.5, 0.6) is 11.5 Å². The first-order valence-corrected chi connectivity index (χ1v) is 11.9. The predicted octanol–water partition coefficient (Wildman–Crippen LogP) is 5.20. The first-order valence-electron chi connectivity index (χ1n) is 11.9. The number of amides is 1. The standard InChI is InChI=1S/C30H27NO5/c1-3-15-35-24-12-9-21(10-13-24)27-26(28(32)22-11-14-25-23(17-22)16-19(2)36-25)29(33)30(34)31(27)18-20-7-5-4-6-8-20/h3-14,17,19,27,32H,1,15-16,18H2,2H3/t19-,27-/m1/s1. The SMILES string of the molecule is C=CCOc1ccc([C@@H]2C(=C(O)c3ccc4c(c3)C[C@@H](C)O4)C(=O)C(=O)N2Cc2ccccc2)cc1. The Kier molecular flexibility index (Phi) is 6.34. The molecule has 3 aromatic rings. The Labute approximate surface area is 210 Å². The van der Waals surface area contributed by atoms with Crippen LogP contribution in [0.3, 0.4) is 0 Å². The van der Waals surface area contributed by atoms with Gasteiger partial charge in [-0.15, -0.1) is 0 Å². The van der Waals surface area contributed by atoms with Crippen LogP contribution in [-0.2, 0) is 22.6 Å². The number of hydrogen-bond donors (Lipinski definition) is 1. The van der Waals surface area contributed by atoms with Crippen molar-refractivity contribution < 1.29 is 24.2 Å². The van der Waals surface area contributed by atoms with Crippen LogP contribution in [0.25, 0.3) is 5.76 Å². The highest BCUT2D eigenvalue weighted by Crippen LogP contribution is 2.41. The second-order valence-electron chi connectivity index (χ2n) is 9.04. The predicted molar refractivity (Wildman–Crippen MR) is 137 cm³/mol. The van der Waals surface area contributed by atoms with Gasteiger partial charge < -0.3 is 19.5 Å². The fourth-order valence-corrected chi connectivity index (χ4v) is 4.80. The van der Waals surface area contributed by atoms with Crippen LogP contribution in [0.2, 0.25) is 0 Å². The van der Waals surface area contributed by atoms with Crippen molar-refractivity contribution in [2.75, 3.05) is 6.61 Å². The molecule has 2 atom stereocenters. The van der Waals surface area contributed by atoms with Crippen LogP contribution in [0.4, 0.5) is 0 Å². The summed E-state index contributed by atoms with van der Waals surface area (Å²) in [5.41, 5.74) is 3.11. The third kappa shape index (κ3) is 4.38. The van der Waals surface area contributed by atoms with Crippen LogP contribution < -0.4 is 9.47 Å². The maximum absolute atomic E-state index is 13.3. The van der Waals surface area contributed by atoms with E-state index in [0.717, 1.165) is 16.9 Å². The summed E-state index contributed by atoms with van der Waals surface area (Å²) in [6.45, 7) is 6.24. The Balaban J connectivity index is 1.59. The second kappa shape index (κ2) is 9.74. The quantitative estimate of drug-likeness (QED) is 0.217. The van der Waals surface area contributed by atoms with E-state index < -0.39 is 17.7 Å². The van der Waals surface area contributed by atoms with Crippen LogP contribution >= 0.6 is 0 Å². The molecule has 2 aliphatic rings. The van der Waals surface area contributed by atoms with Gasteiger partial charge in [0.1, 0.15) is 30.0 Å². The summed E-state index contributed by atoms with van der Waals surface area (Å²) in [6, 6.07) is 21.3. The van der Waals surface area contributed by atoms with Gasteiger partial charge in [-0.2, -0.15) is 0 Å². The number of ether oxygens (including phenoxy) is 2. The fraction of sp³-hybridized carbons (Fsp3) is 0.200. The molecular weight excluding hydrogens is 454 g/mol. The molecule has 2 aliphatic heterocycles. The molecular formula is C30H27NO5. The zero-order valence-electron chi connectivity index (χ0n) is 20.0. The number of fused-ring (bicyclic) bond motifs is 1. The molecule has 0 unspecified atom stereocenters. The molecule has 3 aromatic carbocycles. The fourth-order valence-electron chi connectivity index (χ4n) is 4.80. The Bertz CT molecular complexity index is 1340. The van der Waals surface area contributed by atoms with E-state index >= 15 is 0 Å². The summed E-state index contributed by atoms with van der Waals surface area (Å²) in [4.78, 5) is 28.1. The van der Waals surface area contributed by atoms with Gasteiger partial charge in [0.2, 0.25) is 0 Å². The Morgan fingerprint density at radius 2 is 1.86 bits per heavy atom. The number of likely N-dealkylation sites (tertiary alicyclic amines) is 1. The number of Topliss-reactive ketones (excluding diaryl/α,β-unsaturated/α-hetero) is 1. The molecule has 0 aromatic heterocycles. The highest BCUT2D eigenvalue weighted by Gasteiger charge is 2.46. The number of aliphatic hydroxyl groups is 1. The monoisotopic (exact) mass is 481 g/mol. The van der Waals surface area contributed by atoms with Crippen LogP contribution in [0.1, 0.15) is 35.2 Å². The molecule has 1 amide bonds. The number of nitrogens with zero attached hydrogens (tertiary/aromatic N) is 1. The molecule has 1 fully saturated rings. The highest BCUT2D eigenvalue weighted by atomic mass is 16.5. The third-order valence-corrected chi connectivity index (χ3v) is 6.47. The van der Waals surface area contributed by atoms with Crippen molar-refractivity contribution in [3.8, 4) is 11.5 Å². The lowest BCUT2D eigenvalue weighted by Gasteiger charge is -2.25. The summed E-state index contributed by atoms with van der Waals surface area (Å²) < 4.78 is 11.4. The summed E-state index contributed by atoms with van der Waals surface area (Å²) in [7, 11) is 0. The lowest BCUT2D eigenvalue weighted by atomic mass is 9.94. The van der Waals surface area contributed by atoms with Crippen LogP contribution in [-0.4, -0.2) is 34.4 Å². The van der Waals surface area contributed by atoms with Gasteiger partial charge in [0.15, 0.2) is 0 Å². The first kappa shape index (κ1) is 23.4. The molecule has 0 spiro atoms. The molecule has 5 rings (SSSR count). The lowest BCUT2D eigenvalue weighted by Crippen LogP contribution is -2.29. The summed E-state index contributed by atoms with van der Waals surface area (Å²) in [6.07, 6.45) is 2.43. The van der Waals surface area contributed by atoms with Crippen LogP contribution in [0.15, 0.2) is 91.0 Å². The van der Waals surface area contributed by atoms with Gasteiger partial charge in [-0.3, -0.25) is 9.59 Å². The minimum atomic E-state index is -0.748. The maximum atomic E-state index is 13.3. The Morgan fingerprint density at radius 1 is 1.11 bits per heavy atom. The molecule has 6 heteroatoms. The van der Waals surface area contributed by atoms with Crippen molar-refractivity contribution in [2.24, 2.45) is 0 Å². The molecule has 1 N–H and O–H groups in total. The van der Waals surface area contributed by atoms with Gasteiger partial charge in [-0.05, 0) is 53.9 Å². The largest absolute Gasteiger partial charge is 0.507 e. The van der Waals surface area contributed by atoms with Gasteiger partial charge in [0, 0.05) is 18.5 Å². The smallest absolute Gasteiger partial charge is 0.295 e. The van der Waals surface area contributed by atoms with E-state index in [9.17, 15) is 14.7 Å². The van der Waals surface area contributed by atoms with Crippen molar-refractivity contribution >= 4 is 17.4 Å². The number of hydrogen-bond acceptors (Lipinski definition) is 5. The highest BCUT2D eigenvalue weighted by molar-refractivity contribution is 6.46. The zero-order valence-corrected chi connectivity index (χ0v) is 20.0. The van der Waals surface area contributed by atoms with Gasteiger partial charge in [-0.25, -0.2) is 0 Å². The summed E-state index contributed by atoms with van der Waals surface area (Å²) in [5.74, 6) is -0.120. The first-order chi connectivity index (χ1) is 17.5. The molecule has 182 valence electrons. The number of carbonyl (C=O) groups excluding carboxylic acids is 2. The normalized spacial score (nSPS) is 20.2. The van der Waals surface area contributed by atoms with Crippen LogP contribution in [0, 0.1) is 0 Å². The molecule has 0 bridgehead atoms. The maximum Gasteiger partial charge on any atom is 0.295 e. The van der Waals surface area contributed by atoms with Crippen molar-refractivity contribution in [2.45, 2.75) is 32.0 Å². The van der Waals surface area contributed by atoms with E-state index in [1.54, 1.807) is 30.3 Å². The van der Waals surface area contributed by atoms with Gasteiger partial charge in [0.25, 0.3) is 11.7 Å². The average molecular weight is 482 g/mol. The lowest BCUT2D eigenvalue weighted by molar-refractivity contribution is -0.140. The molecule has 0 aliphatic carbocycles. The average Bonchev–Trinajstić information content (AvgIpc) is 3.39. The minimum Gasteiger partial charge on any atom is -0.507 e. The molecule has 0 radical (unpaired) electrons. The summed E-state index contributed by atoms with van der Waals surface area (Å²) >= 11 is 0. The van der Waals surface area contributed by atoms with Crippen molar-refractivity contribution in [3.63, 3.8) is 0 Å². The van der Waals surface area contributed by atoms with Crippen molar-refractivity contribution in [1.29, 1.82) is 0 Å². The van der Waals surface area contributed by atoms with Crippen molar-refractivity contribution in [1.82, 2.24) is 4.90 Å². The molecule has 1 saturated heterocycles. The number of ketones is 1. The van der Waals surface area contributed by atoms with Gasteiger partial charge in [0.05, 0.1) is 11.6 Å². The Morgan fingerprint density at radius 3 is 2.58 bits per heavy atom. The van der Waals surface area contributed by atoms with Crippen molar-refractivity contribution in [3.05, 3.63) is 113 Å². The topological polar surface area (TPSA) is 76.1 Å². The van der Waals surface area contributed by atoms with E-state index in [4.69, 9.17) is 9.47 Å². The van der Waals surface area contributed by atoms with E-state index in [1.807, 2.05) is 55.5 Å². The number of rotatable bonds is 7. The molecule has 0 saturated carbocycles. The molecule has 6 nitrogen and oxygen atoms in total. The van der Waals surface area contributed by atoms with E-state index in [0.29, 0.717) is 29.9 Å². The molecule has 2 heterocycles. The van der Waals surface area contributed by atoms with Gasteiger partial charge >= 0.3 is 0 Å².